The number of ether oxygens (including phenoxy) is 3. The van der Waals surface area contributed by atoms with Crippen molar-refractivity contribution in [2.24, 2.45) is 5.73 Å². The number of thiophene rings is 2. The Hall–Kier alpha value is -10.9. The van der Waals surface area contributed by atoms with Crippen molar-refractivity contribution in [2.75, 3.05) is 156 Å². The molecular formula is C106H125BBr3Cl4N17O10S3. The van der Waals surface area contributed by atoms with Gasteiger partial charge in [-0.15, -0.1) is 106 Å². The number of nitriles is 1. The summed E-state index contributed by atoms with van der Waals surface area (Å²) in [4.78, 5) is 110. The van der Waals surface area contributed by atoms with Gasteiger partial charge in [-0.3, -0.25) is 19.2 Å². The topological polar surface area (TPSA) is 358 Å². The van der Waals surface area contributed by atoms with Crippen molar-refractivity contribution in [2.45, 2.75) is 113 Å². The predicted octanol–water partition coefficient (Wildman–Crippen LogP) is 20.7. The number of rotatable bonds is 25. The summed E-state index contributed by atoms with van der Waals surface area (Å²) in [6, 6.07) is 68.5. The fourth-order valence-corrected chi connectivity index (χ4v) is 19.0. The van der Waals surface area contributed by atoms with Crippen molar-refractivity contribution in [1.29, 1.82) is 5.26 Å². The molecule has 0 unspecified atom stereocenters. The molecule has 9 heterocycles. The van der Waals surface area contributed by atoms with Gasteiger partial charge in [0.15, 0.2) is 0 Å². The van der Waals surface area contributed by atoms with E-state index in [0.29, 0.717) is 103 Å². The van der Waals surface area contributed by atoms with Gasteiger partial charge < -0.3 is 87.1 Å². The number of aromatic nitrogens is 3. The molecule has 6 amide bonds. The maximum absolute atomic E-state index is 12.8. The highest BCUT2D eigenvalue weighted by Gasteiger charge is 2.29. The van der Waals surface area contributed by atoms with Crippen molar-refractivity contribution in [3.05, 3.63) is 304 Å². The van der Waals surface area contributed by atoms with Crippen LogP contribution in [0, 0.1) is 64.4 Å². The van der Waals surface area contributed by atoms with Gasteiger partial charge in [0, 0.05) is 156 Å². The van der Waals surface area contributed by atoms with E-state index in [1.165, 1.54) is 84.2 Å². The Balaban J connectivity index is 0.000000202. The summed E-state index contributed by atoms with van der Waals surface area (Å²) in [5.41, 5.74) is 40.3. The second-order valence-corrected chi connectivity index (χ2v) is 44.2. The highest BCUT2D eigenvalue weighted by atomic mass is 79.9. The predicted molar refractivity (Wildman–Crippen MR) is 603 cm³/mol. The van der Waals surface area contributed by atoms with E-state index in [0.717, 1.165) is 164 Å². The minimum Gasteiger partial charge on any atom is -0.445 e. The number of hydrogen-bond donors (Lipinski definition) is 8. The number of likely N-dealkylation sites (tertiary alicyclic amines) is 1. The molecule has 0 spiro atoms. The molecule has 0 bridgehead atoms. The average Bonchev–Trinajstić information content (AvgIpc) is 1.65. The number of fused-ring (bicyclic) bond motifs is 2. The summed E-state index contributed by atoms with van der Waals surface area (Å²) in [6.45, 7) is 28.8. The van der Waals surface area contributed by atoms with Crippen LogP contribution in [-0.2, 0) is 69.3 Å². The van der Waals surface area contributed by atoms with Crippen LogP contribution in [0.5, 0.6) is 0 Å². The smallest absolute Gasteiger partial charge is 0.410 e. The van der Waals surface area contributed by atoms with E-state index in [4.69, 9.17) is 83.7 Å². The first kappa shape index (κ1) is 117. The number of carbonyl (C=O) groups is 7. The number of nitrogens with zero attached hydrogens (tertiary/aromatic N) is 9. The van der Waals surface area contributed by atoms with Gasteiger partial charge >= 0.3 is 21.5 Å². The van der Waals surface area contributed by atoms with Crippen LogP contribution in [0.1, 0.15) is 128 Å². The molecule has 11 N–H and O–H groups in total. The van der Waals surface area contributed by atoms with Crippen LogP contribution in [0.25, 0.3) is 20.4 Å². The summed E-state index contributed by atoms with van der Waals surface area (Å²) in [6.07, 6.45) is 4.43. The molecular weight excluding hydrogens is 2160 g/mol. The molecule has 4 fully saturated rings. The monoisotopic (exact) mass is 2280 g/mol. The molecule has 4 aliphatic heterocycles. The van der Waals surface area contributed by atoms with E-state index in [2.05, 4.69) is 199 Å². The van der Waals surface area contributed by atoms with Gasteiger partial charge in [0.2, 0.25) is 11.1 Å². The number of piperidine rings is 1. The SMILES string of the molecule is BrB(Br)Br.Cc1cc(CCN)ccc1C1CCN(C(=O)OCc2ccccc2)CC1.Cc1cc(CCNC(=O)CCl)ccc1N1CCN(C(=O)OCc2ccccc2)CC1.Cc1ccc(C#N)c(=S)[nH]1.Cc1ccc2c(N)c(C(=O)NCCc3ccc(N4CCN(C(=O)OCc5ccccc5)CC4)c(C)c3)sc2n1.Cc1ccc2c(N)c(C(=O)NCCc3ccc(N4CCNCC4)c(C)c3)sc2n1.Cl.O=C(Cl)CCl. The van der Waals surface area contributed by atoms with Gasteiger partial charge in [-0.1, -0.05) is 158 Å². The molecule has 4 aliphatic rings. The van der Waals surface area contributed by atoms with E-state index >= 15 is 0 Å². The van der Waals surface area contributed by atoms with E-state index in [1.807, 2.05) is 153 Å². The largest absolute Gasteiger partial charge is 0.445 e. The van der Waals surface area contributed by atoms with E-state index in [9.17, 15) is 33.6 Å². The highest BCUT2D eigenvalue weighted by molar-refractivity contribution is 9.69. The van der Waals surface area contributed by atoms with Gasteiger partial charge in [-0.05, 0) is 232 Å². The lowest BCUT2D eigenvalue weighted by Crippen LogP contribution is -2.49. The van der Waals surface area contributed by atoms with E-state index < -0.39 is 5.24 Å². The molecule has 16 rings (SSSR count). The maximum atomic E-state index is 12.8. The minimum absolute atomic E-state index is 0. The Morgan fingerprint density at radius 3 is 1.19 bits per heavy atom. The van der Waals surface area contributed by atoms with Crippen LogP contribution in [0.3, 0.4) is 0 Å². The second-order valence-electron chi connectivity index (χ2n) is 34.4. The standard InChI is InChI=1S/C30H33N5O3S.C23H28ClN3O3.C22H27N5OS.C22H28N2O2.C7H6N2S.C2H2Cl2O.BBr3.ClH/c1-20-18-22(12-13-32-28(36)27-26(31)24-10-8-21(2)33-29(24)39-27)9-11-25(20)34-14-16-35(17-15-34)30(37)38-19-23-6-4-3-5-7-23;1-18-15-19(9-10-25-22(28)16-24)7-8-21(18)26-11-13-27(14-12-26)23(29)30-17-20-5-3-2-4-6-20;1-14-13-16(4-6-18(14)27-11-9-24-10-12-27)7-8-25-21(28)20-19(23)17-5-3-15(2)26-22(17)29-20;1-17-15-18(9-12-23)7-8-21(17)20-10-13-24(14-11-20)22(25)26-16-19-5-3-2-4-6-19;1-5-2-3-6(4-8)7(10)9-5;3-1-2(4)5;2-1(3)4;/h3-11,18H,12-17,19,31H2,1-2H3,(H,32,36);2-8,15H,9-14,16-17H2,1H3,(H,25,28);3-6,13,24H,7-12,23H2,1-2H3,(H,25,28);2-8,15,20H,9-14,16,23H2,1H3;2-3H,1H3,(H,9,10);1H2;;1H. The molecule has 0 atom stereocenters. The van der Waals surface area contributed by atoms with Gasteiger partial charge in [0.25, 0.3) is 11.8 Å². The van der Waals surface area contributed by atoms with Crippen LogP contribution >= 0.6 is 129 Å². The fourth-order valence-electron chi connectivity index (χ4n) is 16.5. The number of alkyl halides is 2. The number of hydrogen-bond acceptors (Lipinski definition) is 23. The molecule has 12 aromatic rings. The molecule has 144 heavy (non-hydrogen) atoms. The van der Waals surface area contributed by atoms with Gasteiger partial charge in [0.05, 0.1) is 22.8 Å². The summed E-state index contributed by atoms with van der Waals surface area (Å²) in [7, 11) is 0. The van der Waals surface area contributed by atoms with Crippen LogP contribution in [0.2, 0.25) is 0 Å². The first-order chi connectivity index (χ1) is 68.9. The number of anilines is 5. The fraction of sp³-hybridized carbons (Fsp3) is 0.349. The molecule has 0 saturated carbocycles. The quantitative estimate of drug-likeness (QED) is 0.00866. The molecule has 0 radical (unpaired) electrons. The normalized spacial score (nSPS) is 13.2. The van der Waals surface area contributed by atoms with Crippen LogP contribution in [0.15, 0.2) is 200 Å². The molecule has 0 aliphatic carbocycles. The number of nitrogen functional groups attached to an aromatic ring is 2. The third-order valence-electron chi connectivity index (χ3n) is 24.0. The maximum Gasteiger partial charge on any atom is 0.410 e. The van der Waals surface area contributed by atoms with E-state index in [-0.39, 0.29) is 70.0 Å². The zero-order chi connectivity index (χ0) is 103. The number of halogens is 7. The van der Waals surface area contributed by atoms with Gasteiger partial charge in [0.1, 0.15) is 55.8 Å². The highest BCUT2D eigenvalue weighted by Crippen LogP contribution is 2.36. The molecule has 27 nitrogen and oxygen atoms in total. The number of nitrogens with two attached hydrogens (primary N) is 3. The zero-order valence-corrected chi connectivity index (χ0v) is 92.2. The molecule has 764 valence electrons. The summed E-state index contributed by atoms with van der Waals surface area (Å²) in [5.74, 6) is -0.0325. The Labute approximate surface area is 903 Å². The van der Waals surface area contributed by atoms with Crippen LogP contribution in [0.4, 0.5) is 42.8 Å². The second kappa shape index (κ2) is 60.9. The third-order valence-corrected chi connectivity index (χ3v) is 27.3. The molecule has 5 aromatic heterocycles. The summed E-state index contributed by atoms with van der Waals surface area (Å²) < 4.78 is 17.2. The Bertz CT molecular complexity index is 6310. The Kier molecular flexibility index (Phi) is 49.3. The number of piperazine rings is 3. The molecule has 38 heteroatoms. The first-order valence-electron chi connectivity index (χ1n) is 47.3. The summed E-state index contributed by atoms with van der Waals surface area (Å²) >= 11 is 31.9. The number of carbonyl (C=O) groups excluding carboxylic acids is 7. The Morgan fingerprint density at radius 1 is 0.479 bits per heavy atom. The van der Waals surface area contributed by atoms with Crippen molar-refractivity contribution < 1.29 is 47.8 Å². The number of pyridine rings is 3. The third kappa shape index (κ3) is 37.2. The van der Waals surface area contributed by atoms with Crippen LogP contribution < -0.4 is 53.2 Å². The zero-order valence-electron chi connectivity index (χ0n) is 82.0. The van der Waals surface area contributed by atoms with Crippen molar-refractivity contribution in [3.63, 3.8) is 0 Å². The van der Waals surface area contributed by atoms with Crippen molar-refractivity contribution >= 4 is 223 Å². The number of amides is 6. The van der Waals surface area contributed by atoms with E-state index in [1.54, 1.807) is 15.9 Å². The van der Waals surface area contributed by atoms with Crippen molar-refractivity contribution in [1.82, 2.24) is 50.9 Å². The Morgan fingerprint density at radius 2 is 0.840 bits per heavy atom. The number of aryl methyl sites for hydroxylation is 7. The van der Waals surface area contributed by atoms with Gasteiger partial charge in [-0.2, -0.15) is 5.26 Å². The summed E-state index contributed by atoms with van der Waals surface area (Å²) in [5, 5.41) is 21.8. The lowest BCUT2D eigenvalue weighted by Gasteiger charge is -2.36. The average molecular weight is 2290 g/mol. The number of H-pyrrole nitrogens is 1. The number of benzene rings is 7. The first-order valence-corrected chi connectivity index (χ1v) is 53.5. The van der Waals surface area contributed by atoms with Crippen molar-refractivity contribution in [3.8, 4) is 6.07 Å². The van der Waals surface area contributed by atoms with Gasteiger partial charge in [-0.25, -0.2) is 24.4 Å². The number of nitrogens with one attached hydrogen (secondary N) is 5. The minimum atomic E-state index is -0.508. The van der Waals surface area contributed by atoms with Crippen LogP contribution in [-0.4, -0.2) is 204 Å². The lowest BCUT2D eigenvalue weighted by atomic mass is 9.86. The molecule has 7 aromatic carbocycles. The number of aromatic amines is 1. The lowest BCUT2D eigenvalue weighted by molar-refractivity contribution is -0.118. The molecule has 4 saturated heterocycles.